The van der Waals surface area contributed by atoms with Gasteiger partial charge in [-0.1, -0.05) is 17.7 Å². The lowest BCUT2D eigenvalue weighted by atomic mass is 10.2. The molecule has 0 aliphatic heterocycles. The molecule has 8 nitrogen and oxygen atoms in total. The van der Waals surface area contributed by atoms with Crippen LogP contribution in [0.15, 0.2) is 47.5 Å². The van der Waals surface area contributed by atoms with Crippen LogP contribution < -0.4 is 20.3 Å². The summed E-state index contributed by atoms with van der Waals surface area (Å²) >= 11 is 0. The number of H-pyrrole nitrogens is 1. The van der Waals surface area contributed by atoms with Gasteiger partial charge in [0.25, 0.3) is 5.56 Å². The third kappa shape index (κ3) is 4.09. The number of aromatic amines is 1. The number of nitrogens with one attached hydrogen (secondary N) is 2. The third-order valence-electron chi connectivity index (χ3n) is 5.25. The van der Waals surface area contributed by atoms with Crippen LogP contribution in [0, 0.1) is 6.92 Å². The lowest BCUT2D eigenvalue weighted by molar-refractivity contribution is -0.121. The molecule has 0 saturated heterocycles. The van der Waals surface area contributed by atoms with Crippen LogP contribution in [0.2, 0.25) is 0 Å². The molecule has 0 radical (unpaired) electrons. The molecule has 2 N–H and O–H groups in total. The minimum absolute atomic E-state index is 0.158. The van der Waals surface area contributed by atoms with Crippen LogP contribution in [0.4, 0.5) is 0 Å². The van der Waals surface area contributed by atoms with E-state index in [1.54, 1.807) is 20.3 Å². The minimum atomic E-state index is -0.188. The molecule has 4 aromatic rings. The predicted molar refractivity (Wildman–Crippen MR) is 119 cm³/mol. The molecule has 1 amide bonds. The van der Waals surface area contributed by atoms with E-state index in [9.17, 15) is 9.59 Å². The van der Waals surface area contributed by atoms with Gasteiger partial charge in [-0.2, -0.15) is 0 Å². The molecule has 0 aliphatic rings. The predicted octanol–water partition coefficient (Wildman–Crippen LogP) is 2.91. The van der Waals surface area contributed by atoms with Crippen LogP contribution in [0.5, 0.6) is 11.5 Å². The summed E-state index contributed by atoms with van der Waals surface area (Å²) in [5.74, 6) is 1.08. The van der Waals surface area contributed by atoms with Crippen LogP contribution in [0.1, 0.15) is 17.5 Å². The minimum Gasteiger partial charge on any atom is -0.493 e. The maximum Gasteiger partial charge on any atom is 0.277 e. The number of nitrogens with zero attached hydrogens (tertiary/aromatic N) is 2. The van der Waals surface area contributed by atoms with E-state index in [4.69, 9.17) is 9.47 Å². The second-order valence-electron chi connectivity index (χ2n) is 7.36. The lowest BCUT2D eigenvalue weighted by Gasteiger charge is -2.10. The summed E-state index contributed by atoms with van der Waals surface area (Å²) in [6.45, 7) is 2.60. The average Bonchev–Trinajstić information content (AvgIpc) is 3.15. The van der Waals surface area contributed by atoms with Gasteiger partial charge in [0, 0.05) is 30.4 Å². The van der Waals surface area contributed by atoms with E-state index in [0.717, 1.165) is 22.0 Å². The van der Waals surface area contributed by atoms with Crippen LogP contribution in [-0.2, 0) is 17.9 Å². The molecular formula is C23H24N4O4. The maximum atomic E-state index is 12.8. The van der Waals surface area contributed by atoms with Crippen molar-refractivity contribution in [3.63, 3.8) is 0 Å². The Balaban J connectivity index is 1.43. The Morgan fingerprint density at radius 3 is 2.71 bits per heavy atom. The van der Waals surface area contributed by atoms with Gasteiger partial charge in [-0.15, -0.1) is 0 Å². The zero-order valence-corrected chi connectivity index (χ0v) is 17.7. The number of aromatic nitrogens is 3. The normalized spacial score (nSPS) is 11.1. The Hall–Kier alpha value is -3.81. The summed E-state index contributed by atoms with van der Waals surface area (Å²) < 4.78 is 12.0. The van der Waals surface area contributed by atoms with Gasteiger partial charge in [-0.05, 0) is 36.8 Å². The first-order valence-electron chi connectivity index (χ1n) is 9.95. The lowest BCUT2D eigenvalue weighted by Crippen LogP contribution is -2.27. The van der Waals surface area contributed by atoms with Crippen molar-refractivity contribution in [2.75, 3.05) is 14.2 Å². The second kappa shape index (κ2) is 8.51. The van der Waals surface area contributed by atoms with Gasteiger partial charge in [0.1, 0.15) is 11.0 Å². The molecule has 0 bridgehead atoms. The molecule has 4 rings (SSSR count). The monoisotopic (exact) mass is 420 g/mol. The quantitative estimate of drug-likeness (QED) is 0.479. The second-order valence-corrected chi connectivity index (χ2v) is 7.36. The van der Waals surface area contributed by atoms with Gasteiger partial charge in [0.2, 0.25) is 5.91 Å². The fourth-order valence-corrected chi connectivity index (χ4v) is 3.56. The summed E-state index contributed by atoms with van der Waals surface area (Å²) in [5.41, 5.74) is 3.78. The first-order chi connectivity index (χ1) is 15.0. The number of aryl methyl sites for hydroxylation is 2. The Kier molecular flexibility index (Phi) is 5.62. The zero-order valence-electron chi connectivity index (χ0n) is 17.7. The Labute approximate surface area is 178 Å². The summed E-state index contributed by atoms with van der Waals surface area (Å²) in [6, 6.07) is 11.4. The van der Waals surface area contributed by atoms with E-state index in [-0.39, 0.29) is 24.4 Å². The smallest absolute Gasteiger partial charge is 0.277 e. The summed E-state index contributed by atoms with van der Waals surface area (Å²) in [5, 5.41) is 3.79. The van der Waals surface area contributed by atoms with Crippen molar-refractivity contribution in [2.24, 2.45) is 0 Å². The van der Waals surface area contributed by atoms with Gasteiger partial charge >= 0.3 is 0 Å². The van der Waals surface area contributed by atoms with Crippen molar-refractivity contribution >= 4 is 27.8 Å². The highest BCUT2D eigenvalue weighted by molar-refractivity contribution is 6.04. The largest absolute Gasteiger partial charge is 0.493 e. The molecule has 0 fully saturated rings. The number of carbonyl (C=O) groups excluding carboxylic acids is 1. The zero-order chi connectivity index (χ0) is 22.0. The first-order valence-corrected chi connectivity index (χ1v) is 9.95. The highest BCUT2D eigenvalue weighted by Crippen LogP contribution is 2.27. The van der Waals surface area contributed by atoms with Gasteiger partial charge in [-0.3, -0.25) is 14.2 Å². The van der Waals surface area contributed by atoms with E-state index < -0.39 is 0 Å². The van der Waals surface area contributed by atoms with E-state index >= 15 is 0 Å². The van der Waals surface area contributed by atoms with Crippen molar-refractivity contribution in [3.05, 3.63) is 64.2 Å². The highest BCUT2D eigenvalue weighted by atomic mass is 16.5. The molecule has 2 aromatic carbocycles. The Morgan fingerprint density at radius 2 is 1.94 bits per heavy atom. The number of methoxy groups -OCH3 is 2. The number of amides is 1. The SMILES string of the molecule is COc1ccc(CNC(=O)CCn2cnc3c([nH]c4ccc(C)cc43)c2=O)cc1OC. The number of ether oxygens (including phenoxy) is 2. The number of fused-ring (bicyclic) bond motifs is 3. The number of hydrogen-bond acceptors (Lipinski definition) is 5. The standard InChI is InChI=1S/C23H24N4O4/c1-14-4-6-17-16(10-14)21-22(26-17)23(29)27(13-25-21)9-8-20(28)24-12-15-5-7-18(30-2)19(11-15)31-3/h4-7,10-11,13,26H,8-9,12H2,1-3H3,(H,24,28). The molecule has 0 atom stereocenters. The van der Waals surface area contributed by atoms with Gasteiger partial charge in [0.15, 0.2) is 11.5 Å². The van der Waals surface area contributed by atoms with Crippen molar-refractivity contribution in [1.29, 1.82) is 0 Å². The molecule has 160 valence electrons. The fraction of sp³-hybridized carbons (Fsp3) is 0.261. The molecule has 2 heterocycles. The number of carbonyl (C=O) groups is 1. The van der Waals surface area contributed by atoms with Crippen LogP contribution in [-0.4, -0.2) is 34.7 Å². The maximum absolute atomic E-state index is 12.8. The van der Waals surface area contributed by atoms with Gasteiger partial charge in [0.05, 0.1) is 20.5 Å². The molecule has 0 saturated carbocycles. The van der Waals surface area contributed by atoms with E-state index in [0.29, 0.717) is 29.1 Å². The van der Waals surface area contributed by atoms with Crippen molar-refractivity contribution in [3.8, 4) is 11.5 Å². The summed E-state index contributed by atoms with van der Waals surface area (Å²) in [6.07, 6.45) is 1.67. The average molecular weight is 420 g/mol. The molecule has 0 aliphatic carbocycles. The van der Waals surface area contributed by atoms with E-state index in [1.807, 2.05) is 37.3 Å². The van der Waals surface area contributed by atoms with Gasteiger partial charge in [-0.25, -0.2) is 4.98 Å². The van der Waals surface area contributed by atoms with E-state index in [1.165, 1.54) is 10.9 Å². The fourth-order valence-electron chi connectivity index (χ4n) is 3.56. The number of hydrogen-bond donors (Lipinski definition) is 2. The Bertz CT molecular complexity index is 1320. The van der Waals surface area contributed by atoms with E-state index in [2.05, 4.69) is 15.3 Å². The van der Waals surface area contributed by atoms with Crippen molar-refractivity contribution < 1.29 is 14.3 Å². The molecule has 31 heavy (non-hydrogen) atoms. The third-order valence-corrected chi connectivity index (χ3v) is 5.25. The summed E-state index contributed by atoms with van der Waals surface area (Å²) in [7, 11) is 3.14. The molecule has 0 spiro atoms. The highest BCUT2D eigenvalue weighted by Gasteiger charge is 2.12. The molecular weight excluding hydrogens is 396 g/mol. The van der Waals surface area contributed by atoms with Crippen molar-refractivity contribution in [2.45, 2.75) is 26.4 Å². The number of benzene rings is 2. The number of rotatable bonds is 7. The molecule has 0 unspecified atom stereocenters. The summed E-state index contributed by atoms with van der Waals surface area (Å²) in [4.78, 5) is 32.8. The molecule has 8 heteroatoms. The van der Waals surface area contributed by atoms with Crippen LogP contribution >= 0.6 is 0 Å². The first kappa shape index (κ1) is 20.5. The van der Waals surface area contributed by atoms with Gasteiger partial charge < -0.3 is 19.8 Å². The molecule has 2 aromatic heterocycles. The Morgan fingerprint density at radius 1 is 1.13 bits per heavy atom. The van der Waals surface area contributed by atoms with Crippen LogP contribution in [0.3, 0.4) is 0 Å². The topological polar surface area (TPSA) is 98.2 Å². The van der Waals surface area contributed by atoms with Crippen LogP contribution in [0.25, 0.3) is 21.9 Å². The van der Waals surface area contributed by atoms with Crippen molar-refractivity contribution in [1.82, 2.24) is 19.9 Å².